The van der Waals surface area contributed by atoms with Gasteiger partial charge in [-0.05, 0) is 54.3 Å². The number of allylic oxidation sites excluding steroid dienone is 1. The van der Waals surface area contributed by atoms with E-state index in [1.807, 2.05) is 24.3 Å². The van der Waals surface area contributed by atoms with Crippen molar-refractivity contribution in [3.05, 3.63) is 90.4 Å². The van der Waals surface area contributed by atoms with Gasteiger partial charge in [-0.1, -0.05) is 39.1 Å². The Balaban J connectivity index is 1.72. The third kappa shape index (κ3) is 6.33. The molecule has 3 rings (SSSR count). The lowest BCUT2D eigenvalue weighted by Crippen LogP contribution is -2.30. The summed E-state index contributed by atoms with van der Waals surface area (Å²) in [7, 11) is 1.65. The lowest BCUT2D eigenvalue weighted by atomic mass is 10.1. The smallest absolute Gasteiger partial charge is 0.278 e. The van der Waals surface area contributed by atoms with Crippen molar-refractivity contribution < 1.29 is 9.59 Å². The van der Waals surface area contributed by atoms with Crippen molar-refractivity contribution in [1.29, 1.82) is 5.26 Å². The van der Waals surface area contributed by atoms with Crippen molar-refractivity contribution in [1.82, 2.24) is 4.90 Å². The molecule has 1 heterocycles. The number of carbonyl (C=O) groups is 2. The van der Waals surface area contributed by atoms with Crippen molar-refractivity contribution in [3.63, 3.8) is 0 Å². The molecule has 2 aromatic rings. The standard InChI is InChI=1S/C28H29N5O2/c1-19(2)6-15-27(34)31-24-11-9-23(10-12-24)21(4)33-18-26(30-17-20(33)3)28(35)32(5)25-13-7-22(16-29)8-14-25/h7-14,17-19H,3-4,6,15H2,1-2,5H3,(H,31,34). The zero-order chi connectivity index (χ0) is 25.5. The Bertz CT molecular complexity index is 1230. The van der Waals surface area contributed by atoms with Crippen molar-refractivity contribution >= 4 is 35.1 Å². The van der Waals surface area contributed by atoms with Crippen LogP contribution in [0.4, 0.5) is 11.4 Å². The van der Waals surface area contributed by atoms with Crippen LogP contribution in [0, 0.1) is 17.2 Å². The number of hydrogen-bond acceptors (Lipinski definition) is 5. The number of nitrogens with one attached hydrogen (secondary N) is 1. The number of benzene rings is 2. The summed E-state index contributed by atoms with van der Waals surface area (Å²) in [5.41, 5.74) is 4.09. The maximum absolute atomic E-state index is 13.1. The first-order valence-electron chi connectivity index (χ1n) is 11.3. The Morgan fingerprint density at radius 1 is 1.14 bits per heavy atom. The van der Waals surface area contributed by atoms with Gasteiger partial charge in [0.1, 0.15) is 5.70 Å². The molecule has 2 amide bonds. The van der Waals surface area contributed by atoms with Crippen molar-refractivity contribution in [2.24, 2.45) is 10.9 Å². The van der Waals surface area contributed by atoms with Gasteiger partial charge in [-0.15, -0.1) is 0 Å². The average Bonchev–Trinajstić information content (AvgIpc) is 2.87. The van der Waals surface area contributed by atoms with Gasteiger partial charge in [0, 0.05) is 36.7 Å². The normalized spacial score (nSPS) is 12.7. The first kappa shape index (κ1) is 25.2. The van der Waals surface area contributed by atoms with E-state index in [-0.39, 0.29) is 17.5 Å². The largest absolute Gasteiger partial charge is 0.326 e. The van der Waals surface area contributed by atoms with E-state index in [0.717, 1.165) is 12.0 Å². The molecule has 0 bridgehead atoms. The van der Waals surface area contributed by atoms with E-state index >= 15 is 0 Å². The fourth-order valence-electron chi connectivity index (χ4n) is 3.38. The molecule has 0 fully saturated rings. The highest BCUT2D eigenvalue weighted by molar-refractivity contribution is 6.07. The van der Waals surface area contributed by atoms with Crippen LogP contribution < -0.4 is 10.2 Å². The van der Waals surface area contributed by atoms with Gasteiger partial charge in [-0.25, -0.2) is 4.99 Å². The van der Waals surface area contributed by atoms with Gasteiger partial charge in [0.25, 0.3) is 5.91 Å². The number of likely N-dealkylation sites (N-methyl/N-ethyl adjacent to an activating group) is 1. The van der Waals surface area contributed by atoms with Crippen LogP contribution in [0.2, 0.25) is 0 Å². The molecule has 0 saturated heterocycles. The molecule has 7 heteroatoms. The van der Waals surface area contributed by atoms with E-state index < -0.39 is 0 Å². The maximum atomic E-state index is 13.1. The topological polar surface area (TPSA) is 88.8 Å². The molecule has 0 saturated carbocycles. The quantitative estimate of drug-likeness (QED) is 0.570. The van der Waals surface area contributed by atoms with Crippen molar-refractivity contribution in [2.75, 3.05) is 17.3 Å². The van der Waals surface area contributed by atoms with E-state index in [1.165, 1.54) is 11.1 Å². The lowest BCUT2D eigenvalue weighted by Gasteiger charge is -2.27. The number of aliphatic imine (C=N–C) groups is 1. The number of hydrogen-bond donors (Lipinski definition) is 1. The Hall–Kier alpha value is -4.44. The molecule has 7 nitrogen and oxygen atoms in total. The Labute approximate surface area is 206 Å². The minimum Gasteiger partial charge on any atom is -0.326 e. The van der Waals surface area contributed by atoms with E-state index in [4.69, 9.17) is 5.26 Å². The minimum absolute atomic E-state index is 0.0108. The summed E-state index contributed by atoms with van der Waals surface area (Å²) in [5, 5.41) is 11.9. The predicted octanol–water partition coefficient (Wildman–Crippen LogP) is 5.31. The molecular weight excluding hydrogens is 438 g/mol. The van der Waals surface area contributed by atoms with Crippen LogP contribution in [0.25, 0.3) is 5.70 Å². The molecule has 1 aliphatic heterocycles. The molecule has 35 heavy (non-hydrogen) atoms. The van der Waals surface area contributed by atoms with Crippen LogP contribution in [0.3, 0.4) is 0 Å². The molecule has 0 spiro atoms. The lowest BCUT2D eigenvalue weighted by molar-refractivity contribution is -0.116. The maximum Gasteiger partial charge on any atom is 0.278 e. The number of carbonyl (C=O) groups excluding carboxylic acids is 2. The Kier molecular flexibility index (Phi) is 8.00. The molecule has 178 valence electrons. The molecule has 2 aromatic carbocycles. The van der Waals surface area contributed by atoms with Gasteiger partial charge in [0.2, 0.25) is 5.91 Å². The van der Waals surface area contributed by atoms with Crippen LogP contribution in [0.15, 0.2) is 84.3 Å². The molecule has 1 aliphatic rings. The summed E-state index contributed by atoms with van der Waals surface area (Å²) >= 11 is 0. The van der Waals surface area contributed by atoms with Crippen LogP contribution in [-0.4, -0.2) is 30.0 Å². The molecule has 0 aliphatic carbocycles. The van der Waals surface area contributed by atoms with E-state index in [1.54, 1.807) is 42.4 Å². The molecular formula is C28H29N5O2. The van der Waals surface area contributed by atoms with Crippen LogP contribution >= 0.6 is 0 Å². The second-order valence-corrected chi connectivity index (χ2v) is 8.66. The van der Waals surface area contributed by atoms with Crippen molar-refractivity contribution in [2.45, 2.75) is 26.7 Å². The number of nitriles is 1. The van der Waals surface area contributed by atoms with E-state index in [9.17, 15) is 9.59 Å². The van der Waals surface area contributed by atoms with Gasteiger partial charge in [-0.3, -0.25) is 9.59 Å². The van der Waals surface area contributed by atoms with Gasteiger partial charge >= 0.3 is 0 Å². The minimum atomic E-state index is -0.310. The third-order valence-electron chi connectivity index (χ3n) is 5.56. The number of anilines is 2. The summed E-state index contributed by atoms with van der Waals surface area (Å²) in [4.78, 5) is 32.6. The second-order valence-electron chi connectivity index (χ2n) is 8.66. The molecule has 1 N–H and O–H groups in total. The third-order valence-corrected chi connectivity index (χ3v) is 5.56. The summed E-state index contributed by atoms with van der Waals surface area (Å²) in [6, 6.07) is 16.2. The van der Waals surface area contributed by atoms with E-state index in [2.05, 4.69) is 43.4 Å². The zero-order valence-electron chi connectivity index (χ0n) is 20.3. The fourth-order valence-corrected chi connectivity index (χ4v) is 3.38. The fraction of sp³-hybridized carbons (Fsp3) is 0.214. The molecule has 0 radical (unpaired) electrons. The summed E-state index contributed by atoms with van der Waals surface area (Å²) in [5.74, 6) is 0.153. The van der Waals surface area contributed by atoms with Gasteiger partial charge < -0.3 is 15.1 Å². The second kappa shape index (κ2) is 11.1. The zero-order valence-corrected chi connectivity index (χ0v) is 20.3. The summed E-state index contributed by atoms with van der Waals surface area (Å²) < 4.78 is 0. The Morgan fingerprint density at radius 2 is 1.80 bits per heavy atom. The molecule has 0 atom stereocenters. The molecule has 0 unspecified atom stereocenters. The van der Waals surface area contributed by atoms with Crippen LogP contribution in [0.1, 0.15) is 37.8 Å². The van der Waals surface area contributed by atoms with Crippen LogP contribution in [-0.2, 0) is 9.59 Å². The average molecular weight is 468 g/mol. The van der Waals surface area contributed by atoms with Gasteiger partial charge in [0.15, 0.2) is 0 Å². The summed E-state index contributed by atoms with van der Waals surface area (Å²) in [6.45, 7) is 12.4. The SMILES string of the molecule is C=C1C=NC(C(=O)N(C)c2ccc(C#N)cc2)=CN1C(=C)c1ccc(NC(=O)CCC(C)C)cc1. The number of amides is 2. The monoisotopic (exact) mass is 467 g/mol. The van der Waals surface area contributed by atoms with Crippen molar-refractivity contribution in [3.8, 4) is 6.07 Å². The highest BCUT2D eigenvalue weighted by atomic mass is 16.2. The number of nitrogens with zero attached hydrogens (tertiary/aromatic N) is 4. The van der Waals surface area contributed by atoms with E-state index in [0.29, 0.717) is 40.7 Å². The highest BCUT2D eigenvalue weighted by Crippen LogP contribution is 2.27. The first-order chi connectivity index (χ1) is 16.7. The number of rotatable bonds is 8. The first-order valence-corrected chi connectivity index (χ1v) is 11.3. The Morgan fingerprint density at radius 3 is 2.40 bits per heavy atom. The highest BCUT2D eigenvalue weighted by Gasteiger charge is 2.22. The van der Waals surface area contributed by atoms with Gasteiger partial charge in [-0.2, -0.15) is 5.26 Å². The predicted molar refractivity (Wildman–Crippen MR) is 140 cm³/mol. The van der Waals surface area contributed by atoms with Crippen LogP contribution in [0.5, 0.6) is 0 Å². The molecule has 0 aromatic heterocycles. The summed E-state index contributed by atoms with van der Waals surface area (Å²) in [6.07, 6.45) is 4.45. The van der Waals surface area contributed by atoms with Gasteiger partial charge in [0.05, 0.1) is 23.5 Å².